The second kappa shape index (κ2) is 10.7. The van der Waals surface area contributed by atoms with Crippen molar-refractivity contribution in [2.45, 2.75) is 76.1 Å². The van der Waals surface area contributed by atoms with Crippen LogP contribution in [0.5, 0.6) is 5.75 Å². The Labute approximate surface area is 234 Å². The molecule has 3 fully saturated rings. The summed E-state index contributed by atoms with van der Waals surface area (Å²) < 4.78 is 75.5. The number of halogens is 4. The van der Waals surface area contributed by atoms with E-state index in [0.29, 0.717) is 35.8 Å². The highest BCUT2D eigenvalue weighted by atomic mass is 19.4. The maximum absolute atomic E-state index is 15.2. The van der Waals surface area contributed by atoms with E-state index in [2.05, 4.69) is 21.7 Å². The number of esters is 1. The maximum Gasteiger partial charge on any atom is 0.573 e. The number of ether oxygens (including phenoxy) is 3. The van der Waals surface area contributed by atoms with Crippen LogP contribution in [0.1, 0.15) is 66.6 Å². The van der Waals surface area contributed by atoms with Gasteiger partial charge in [0.2, 0.25) is 0 Å². The van der Waals surface area contributed by atoms with Gasteiger partial charge in [0.05, 0.1) is 31.1 Å². The fourth-order valence-electron chi connectivity index (χ4n) is 6.36. The number of piperidine rings is 1. The Kier molecular flexibility index (Phi) is 7.17. The number of nitrogens with zero attached hydrogens (tertiary/aromatic N) is 2. The number of benzene rings is 2. The van der Waals surface area contributed by atoms with E-state index in [1.807, 2.05) is 0 Å². The molecule has 3 aliphatic rings. The van der Waals surface area contributed by atoms with Gasteiger partial charge in [-0.15, -0.1) is 13.2 Å². The molecule has 2 saturated heterocycles. The van der Waals surface area contributed by atoms with Crippen molar-refractivity contribution < 1.29 is 41.1 Å². The van der Waals surface area contributed by atoms with E-state index in [1.165, 1.54) is 31.4 Å². The molecule has 11 heteroatoms. The fourth-order valence-corrected chi connectivity index (χ4v) is 6.36. The van der Waals surface area contributed by atoms with Crippen LogP contribution in [-0.2, 0) is 16.1 Å². The van der Waals surface area contributed by atoms with Crippen molar-refractivity contribution >= 4 is 11.7 Å². The largest absolute Gasteiger partial charge is 0.573 e. The van der Waals surface area contributed by atoms with Crippen LogP contribution in [0.15, 0.2) is 47.0 Å². The molecule has 6 rings (SSSR count). The van der Waals surface area contributed by atoms with Crippen LogP contribution in [0.25, 0.3) is 11.3 Å². The molecule has 1 saturated carbocycles. The van der Waals surface area contributed by atoms with E-state index >= 15 is 4.39 Å². The van der Waals surface area contributed by atoms with Crippen molar-refractivity contribution in [2.24, 2.45) is 5.92 Å². The highest BCUT2D eigenvalue weighted by molar-refractivity contribution is 5.89. The van der Waals surface area contributed by atoms with E-state index in [0.717, 1.165) is 19.3 Å². The normalized spacial score (nSPS) is 24.0. The summed E-state index contributed by atoms with van der Waals surface area (Å²) >= 11 is 0. The van der Waals surface area contributed by atoms with Crippen LogP contribution in [0, 0.1) is 11.7 Å². The average molecular weight is 575 g/mol. The molecule has 3 heterocycles. The highest BCUT2D eigenvalue weighted by Crippen LogP contribution is 2.47. The summed E-state index contributed by atoms with van der Waals surface area (Å²) in [7, 11) is 1.26. The van der Waals surface area contributed by atoms with Gasteiger partial charge in [0.25, 0.3) is 0 Å². The first-order chi connectivity index (χ1) is 19.6. The first-order valence-electron chi connectivity index (χ1n) is 13.7. The number of alkyl halides is 3. The van der Waals surface area contributed by atoms with Crippen molar-refractivity contribution in [1.29, 1.82) is 0 Å². The molecular formula is C30H30F4N2O5. The molecule has 0 amide bonds. The van der Waals surface area contributed by atoms with E-state index in [1.54, 1.807) is 18.2 Å². The van der Waals surface area contributed by atoms with Crippen LogP contribution >= 0.6 is 0 Å². The van der Waals surface area contributed by atoms with E-state index < -0.39 is 18.1 Å². The van der Waals surface area contributed by atoms with Crippen molar-refractivity contribution in [1.82, 2.24) is 5.16 Å². The number of anilines is 1. The Hall–Kier alpha value is -3.60. The minimum Gasteiger partial charge on any atom is -0.465 e. The Bertz CT molecular complexity index is 1440. The van der Waals surface area contributed by atoms with Crippen LogP contribution in [0.4, 0.5) is 23.2 Å². The third-order valence-corrected chi connectivity index (χ3v) is 8.34. The van der Waals surface area contributed by atoms with Gasteiger partial charge in [-0.05, 0) is 68.4 Å². The van der Waals surface area contributed by atoms with Gasteiger partial charge in [-0.3, -0.25) is 0 Å². The molecule has 2 aliphatic heterocycles. The van der Waals surface area contributed by atoms with Crippen molar-refractivity contribution in [3.05, 3.63) is 65.2 Å². The standard InChI is InChI=1S/C30H30F4N2O5/c1-16-11-19-13-20(14-25(16)36(19)24-10-9-18(12-23(24)31)29(37)38-2)39-15-22-27(35-41-28(22)17-7-8-17)21-5-3-4-6-26(21)40-30(32,33)34/h3-6,9-10,12,16-17,19-20,25H,7-8,11,13-15H2,1-2H3. The molecule has 2 bridgehead atoms. The number of hydrogen-bond acceptors (Lipinski definition) is 7. The van der Waals surface area contributed by atoms with Crippen molar-refractivity contribution in [3.63, 3.8) is 0 Å². The van der Waals surface area contributed by atoms with Gasteiger partial charge >= 0.3 is 12.3 Å². The Morgan fingerprint density at radius 1 is 1.12 bits per heavy atom. The number of hydrogen-bond donors (Lipinski definition) is 0. The second-order valence-electron chi connectivity index (χ2n) is 11.1. The predicted octanol–water partition coefficient (Wildman–Crippen LogP) is 7.01. The van der Waals surface area contributed by atoms with Gasteiger partial charge in [-0.25, -0.2) is 9.18 Å². The fraction of sp³-hybridized carbons (Fsp3) is 0.467. The molecule has 218 valence electrons. The molecule has 0 radical (unpaired) electrons. The summed E-state index contributed by atoms with van der Waals surface area (Å²) in [5.74, 6) is -0.308. The number of methoxy groups -OCH3 is 1. The molecule has 2 aromatic carbocycles. The quantitative estimate of drug-likeness (QED) is 0.212. The highest BCUT2D eigenvalue weighted by Gasteiger charge is 2.46. The first-order valence-corrected chi connectivity index (χ1v) is 13.7. The summed E-state index contributed by atoms with van der Waals surface area (Å²) in [5, 5.41) is 4.16. The number of rotatable bonds is 8. The second-order valence-corrected chi connectivity index (χ2v) is 11.1. The Morgan fingerprint density at radius 3 is 2.59 bits per heavy atom. The van der Waals surface area contributed by atoms with Gasteiger partial charge < -0.3 is 23.6 Å². The van der Waals surface area contributed by atoms with Gasteiger partial charge in [-0.2, -0.15) is 0 Å². The molecule has 1 aromatic heterocycles. The number of carbonyl (C=O) groups excluding carboxylic acids is 1. The van der Waals surface area contributed by atoms with Crippen molar-refractivity contribution in [3.8, 4) is 17.0 Å². The third kappa shape index (κ3) is 5.51. The minimum atomic E-state index is -4.85. The maximum atomic E-state index is 15.2. The van der Waals surface area contributed by atoms with Crippen molar-refractivity contribution in [2.75, 3.05) is 12.0 Å². The molecular weight excluding hydrogens is 544 g/mol. The van der Waals surface area contributed by atoms with Crippen LogP contribution in [0.3, 0.4) is 0 Å². The van der Waals surface area contributed by atoms with Gasteiger partial charge in [0, 0.05) is 29.1 Å². The molecule has 3 aromatic rings. The van der Waals surface area contributed by atoms with Crippen LogP contribution in [-0.4, -0.2) is 42.8 Å². The van der Waals surface area contributed by atoms with E-state index in [9.17, 15) is 18.0 Å². The summed E-state index contributed by atoms with van der Waals surface area (Å²) in [6.07, 6.45) is -0.962. The summed E-state index contributed by atoms with van der Waals surface area (Å²) in [4.78, 5) is 13.9. The zero-order valence-corrected chi connectivity index (χ0v) is 22.6. The third-order valence-electron chi connectivity index (χ3n) is 8.34. The lowest BCUT2D eigenvalue weighted by Crippen LogP contribution is -2.47. The van der Waals surface area contributed by atoms with Gasteiger partial charge in [0.1, 0.15) is 23.0 Å². The van der Waals surface area contributed by atoms with Crippen LogP contribution < -0.4 is 9.64 Å². The molecule has 1 aliphatic carbocycles. The Morgan fingerprint density at radius 2 is 1.90 bits per heavy atom. The minimum absolute atomic E-state index is 0.0305. The van der Waals surface area contributed by atoms with Gasteiger partial charge in [0.15, 0.2) is 0 Å². The number of carbonyl (C=O) groups is 1. The zero-order valence-electron chi connectivity index (χ0n) is 22.6. The number of fused-ring (bicyclic) bond motifs is 2. The molecule has 41 heavy (non-hydrogen) atoms. The zero-order chi connectivity index (χ0) is 28.9. The summed E-state index contributed by atoms with van der Waals surface area (Å²) in [6, 6.07) is 10.4. The van der Waals surface area contributed by atoms with E-state index in [4.69, 9.17) is 14.0 Å². The van der Waals surface area contributed by atoms with E-state index in [-0.39, 0.29) is 53.3 Å². The Balaban J connectivity index is 1.21. The summed E-state index contributed by atoms with van der Waals surface area (Å²) in [6.45, 7) is 2.27. The lowest BCUT2D eigenvalue weighted by atomic mass is 9.96. The lowest BCUT2D eigenvalue weighted by Gasteiger charge is -2.41. The SMILES string of the molecule is COC(=O)c1ccc(N2C3CC(OCc4c(-c5ccccc5OC(F)(F)F)noc4C4CC4)CC2C(C)C3)c(F)c1. The molecule has 0 spiro atoms. The molecule has 0 N–H and O–H groups in total. The number of para-hydroxylation sites is 1. The number of aromatic nitrogens is 1. The topological polar surface area (TPSA) is 74.0 Å². The average Bonchev–Trinajstić information content (AvgIpc) is 3.66. The molecule has 4 atom stereocenters. The predicted molar refractivity (Wildman–Crippen MR) is 140 cm³/mol. The van der Waals surface area contributed by atoms with Crippen LogP contribution in [0.2, 0.25) is 0 Å². The lowest BCUT2D eigenvalue weighted by molar-refractivity contribution is -0.274. The van der Waals surface area contributed by atoms with Gasteiger partial charge in [-0.1, -0.05) is 24.2 Å². The molecule has 7 nitrogen and oxygen atoms in total. The molecule has 4 unspecified atom stereocenters. The summed E-state index contributed by atoms with van der Waals surface area (Å²) in [5.41, 5.74) is 1.72. The smallest absolute Gasteiger partial charge is 0.465 e. The first kappa shape index (κ1) is 27.6. The monoisotopic (exact) mass is 574 g/mol.